The van der Waals surface area contributed by atoms with Crippen molar-refractivity contribution in [3.05, 3.63) is 70.8 Å². The molecule has 2 fully saturated rings. The maximum absolute atomic E-state index is 13.2. The molecule has 198 valence electrons. The number of alkyl halides is 3. The molecule has 1 aliphatic heterocycles. The van der Waals surface area contributed by atoms with Crippen LogP contribution in [-0.4, -0.2) is 47.8 Å². The molecule has 2 aromatic rings. The molecule has 0 aromatic heterocycles. The highest BCUT2D eigenvalue weighted by Crippen LogP contribution is 2.29. The molecular formula is C28H32F3N3O3. The molecule has 2 aromatic carbocycles. The smallest absolute Gasteiger partial charge is 0.351 e. The number of likely N-dealkylation sites (tertiary alicyclic amines) is 1. The van der Waals surface area contributed by atoms with Crippen LogP contribution in [0.1, 0.15) is 70.4 Å². The third kappa shape index (κ3) is 6.50. The number of nitrogens with zero attached hydrogens (tertiary/aromatic N) is 1. The lowest BCUT2D eigenvalue weighted by molar-refractivity contribution is -0.137. The van der Waals surface area contributed by atoms with Gasteiger partial charge in [0.1, 0.15) is 0 Å². The Morgan fingerprint density at radius 3 is 2.16 bits per heavy atom. The number of carbonyl (C=O) groups excluding carboxylic acids is 3. The zero-order valence-electron chi connectivity index (χ0n) is 20.8. The van der Waals surface area contributed by atoms with Crippen molar-refractivity contribution in [3.63, 3.8) is 0 Å². The predicted molar refractivity (Wildman–Crippen MR) is 133 cm³/mol. The Hall–Kier alpha value is -3.36. The van der Waals surface area contributed by atoms with E-state index in [1.54, 1.807) is 6.07 Å². The topological polar surface area (TPSA) is 78.5 Å². The number of halogens is 3. The van der Waals surface area contributed by atoms with Gasteiger partial charge in [0.15, 0.2) is 0 Å². The molecule has 1 unspecified atom stereocenters. The van der Waals surface area contributed by atoms with Crippen LogP contribution in [0.25, 0.3) is 0 Å². The molecule has 1 saturated carbocycles. The molecule has 1 aliphatic carbocycles. The summed E-state index contributed by atoms with van der Waals surface area (Å²) >= 11 is 0. The Balaban J connectivity index is 1.37. The summed E-state index contributed by atoms with van der Waals surface area (Å²) in [5.41, 5.74) is 0.857. The first kappa shape index (κ1) is 26.7. The standard InChI is InChI=1S/C28H32F3N3O3/c1-18-7-2-3-9-22(18)26(36)33-24-11-5-4-10-23(24)32-25(35)20-8-6-16-34(17-20)27(37)19-12-14-21(15-13-19)28(29,30)31/h2-3,7,9,12-15,20,23-24H,4-6,8,10-11,16-17H2,1H3,(H,32,35)(H,33,36)/t20?,23-,24-/m1/s1. The van der Waals surface area contributed by atoms with E-state index in [4.69, 9.17) is 0 Å². The second-order valence-electron chi connectivity index (χ2n) is 9.96. The van der Waals surface area contributed by atoms with Crippen molar-refractivity contribution in [1.29, 1.82) is 0 Å². The monoisotopic (exact) mass is 515 g/mol. The van der Waals surface area contributed by atoms with Crippen molar-refractivity contribution in [2.75, 3.05) is 13.1 Å². The molecule has 3 amide bonds. The zero-order chi connectivity index (χ0) is 26.6. The van der Waals surface area contributed by atoms with Gasteiger partial charge in [0, 0.05) is 36.3 Å². The molecule has 0 spiro atoms. The number of amides is 3. The van der Waals surface area contributed by atoms with Gasteiger partial charge >= 0.3 is 6.18 Å². The van der Waals surface area contributed by atoms with E-state index in [-0.39, 0.29) is 41.9 Å². The Bertz CT molecular complexity index is 1130. The van der Waals surface area contributed by atoms with E-state index < -0.39 is 17.7 Å². The number of benzene rings is 2. The van der Waals surface area contributed by atoms with Gasteiger partial charge in [0.25, 0.3) is 11.8 Å². The first-order valence-corrected chi connectivity index (χ1v) is 12.8. The van der Waals surface area contributed by atoms with Crippen LogP contribution in [0, 0.1) is 12.8 Å². The van der Waals surface area contributed by atoms with Crippen molar-refractivity contribution in [2.45, 2.75) is 63.7 Å². The largest absolute Gasteiger partial charge is 0.416 e. The molecular weight excluding hydrogens is 483 g/mol. The lowest BCUT2D eigenvalue weighted by atomic mass is 9.88. The number of aryl methyl sites for hydroxylation is 1. The number of carbonyl (C=O) groups is 3. The van der Waals surface area contributed by atoms with Gasteiger partial charge in [-0.2, -0.15) is 13.2 Å². The van der Waals surface area contributed by atoms with E-state index in [2.05, 4.69) is 10.6 Å². The van der Waals surface area contributed by atoms with E-state index in [1.807, 2.05) is 25.1 Å². The maximum atomic E-state index is 13.2. The van der Waals surface area contributed by atoms with E-state index in [1.165, 1.54) is 17.0 Å². The van der Waals surface area contributed by atoms with Gasteiger partial charge in [-0.25, -0.2) is 0 Å². The van der Waals surface area contributed by atoms with Gasteiger partial charge in [-0.1, -0.05) is 31.0 Å². The Morgan fingerprint density at radius 1 is 0.865 bits per heavy atom. The average Bonchev–Trinajstić information content (AvgIpc) is 2.89. The van der Waals surface area contributed by atoms with Gasteiger partial charge in [-0.15, -0.1) is 0 Å². The normalized spacial score (nSPS) is 22.3. The van der Waals surface area contributed by atoms with Gasteiger partial charge in [-0.3, -0.25) is 14.4 Å². The molecule has 6 nitrogen and oxygen atoms in total. The molecule has 0 bridgehead atoms. The summed E-state index contributed by atoms with van der Waals surface area (Å²) in [5.74, 6) is -1.11. The average molecular weight is 516 g/mol. The van der Waals surface area contributed by atoms with Crippen LogP contribution in [0.3, 0.4) is 0 Å². The molecule has 0 radical (unpaired) electrons. The van der Waals surface area contributed by atoms with Crippen molar-refractivity contribution < 1.29 is 27.6 Å². The summed E-state index contributed by atoms with van der Waals surface area (Å²) in [5, 5.41) is 6.22. The Kier molecular flexibility index (Phi) is 8.19. The molecule has 4 rings (SSSR count). The highest BCUT2D eigenvalue weighted by molar-refractivity contribution is 5.96. The van der Waals surface area contributed by atoms with Crippen LogP contribution >= 0.6 is 0 Å². The fourth-order valence-electron chi connectivity index (χ4n) is 5.21. The van der Waals surface area contributed by atoms with Gasteiger partial charge in [-0.05, 0) is 68.5 Å². The minimum absolute atomic E-state index is 0.157. The first-order valence-electron chi connectivity index (χ1n) is 12.8. The highest BCUT2D eigenvalue weighted by Gasteiger charge is 2.34. The summed E-state index contributed by atoms with van der Waals surface area (Å²) < 4.78 is 38.5. The lowest BCUT2D eigenvalue weighted by Gasteiger charge is -2.36. The van der Waals surface area contributed by atoms with Gasteiger partial charge in [0.2, 0.25) is 5.91 Å². The summed E-state index contributed by atoms with van der Waals surface area (Å²) in [6.45, 7) is 2.54. The van der Waals surface area contributed by atoms with Crippen molar-refractivity contribution in [1.82, 2.24) is 15.5 Å². The summed E-state index contributed by atoms with van der Waals surface area (Å²) in [7, 11) is 0. The molecule has 1 saturated heterocycles. The van der Waals surface area contributed by atoms with Crippen LogP contribution in [0.4, 0.5) is 13.2 Å². The highest BCUT2D eigenvalue weighted by atomic mass is 19.4. The third-order valence-corrected chi connectivity index (χ3v) is 7.34. The number of nitrogens with one attached hydrogen (secondary N) is 2. The number of hydrogen-bond acceptors (Lipinski definition) is 3. The fraction of sp³-hybridized carbons (Fsp3) is 0.464. The SMILES string of the molecule is Cc1ccccc1C(=O)N[C@@H]1CCCC[C@H]1NC(=O)C1CCCN(C(=O)c2ccc(C(F)(F)F)cc2)C1. The number of hydrogen-bond donors (Lipinski definition) is 2. The van der Waals surface area contributed by atoms with E-state index in [0.717, 1.165) is 43.4 Å². The molecule has 2 N–H and O–H groups in total. The second kappa shape index (κ2) is 11.4. The van der Waals surface area contributed by atoms with Crippen molar-refractivity contribution in [3.8, 4) is 0 Å². The number of piperidine rings is 1. The third-order valence-electron chi connectivity index (χ3n) is 7.34. The zero-order valence-corrected chi connectivity index (χ0v) is 20.8. The van der Waals surface area contributed by atoms with Crippen LogP contribution < -0.4 is 10.6 Å². The minimum atomic E-state index is -4.47. The molecule has 2 aliphatic rings. The molecule has 37 heavy (non-hydrogen) atoms. The lowest BCUT2D eigenvalue weighted by Crippen LogP contribution is -2.55. The Morgan fingerprint density at radius 2 is 1.51 bits per heavy atom. The van der Waals surface area contributed by atoms with E-state index in [0.29, 0.717) is 24.9 Å². The van der Waals surface area contributed by atoms with Crippen LogP contribution in [-0.2, 0) is 11.0 Å². The summed E-state index contributed by atoms with van der Waals surface area (Å²) in [6.07, 6.45) is 0.219. The predicted octanol–water partition coefficient (Wildman–Crippen LogP) is 4.72. The number of rotatable bonds is 5. The summed E-state index contributed by atoms with van der Waals surface area (Å²) in [6, 6.07) is 11.1. The van der Waals surface area contributed by atoms with Crippen molar-refractivity contribution in [2.24, 2.45) is 5.92 Å². The molecule has 9 heteroatoms. The second-order valence-corrected chi connectivity index (χ2v) is 9.96. The minimum Gasteiger partial charge on any atom is -0.351 e. The first-order chi connectivity index (χ1) is 17.6. The van der Waals surface area contributed by atoms with Crippen LogP contribution in [0.5, 0.6) is 0 Å². The summed E-state index contributed by atoms with van der Waals surface area (Å²) in [4.78, 5) is 40.5. The van der Waals surface area contributed by atoms with Gasteiger partial charge < -0.3 is 15.5 Å². The van der Waals surface area contributed by atoms with E-state index in [9.17, 15) is 27.6 Å². The van der Waals surface area contributed by atoms with Gasteiger partial charge in [0.05, 0.1) is 11.5 Å². The van der Waals surface area contributed by atoms with Crippen LogP contribution in [0.2, 0.25) is 0 Å². The maximum Gasteiger partial charge on any atom is 0.416 e. The van der Waals surface area contributed by atoms with E-state index >= 15 is 0 Å². The quantitative estimate of drug-likeness (QED) is 0.605. The molecule has 1 heterocycles. The Labute approximate surface area is 214 Å². The van der Waals surface area contributed by atoms with Crippen molar-refractivity contribution >= 4 is 17.7 Å². The van der Waals surface area contributed by atoms with Crippen LogP contribution in [0.15, 0.2) is 48.5 Å². The molecule has 3 atom stereocenters. The fourth-order valence-corrected chi connectivity index (χ4v) is 5.21.